The summed E-state index contributed by atoms with van der Waals surface area (Å²) in [5, 5.41) is 5.07. The lowest BCUT2D eigenvalue weighted by Crippen LogP contribution is -2.47. The molecule has 1 saturated heterocycles. The van der Waals surface area contributed by atoms with Crippen LogP contribution in [0.25, 0.3) is 21.9 Å². The molecule has 0 aliphatic carbocycles. The summed E-state index contributed by atoms with van der Waals surface area (Å²) in [6.45, 7) is 5.43. The highest BCUT2D eigenvalue weighted by Crippen LogP contribution is 2.33. The minimum atomic E-state index is 0.00604. The van der Waals surface area contributed by atoms with Crippen molar-refractivity contribution in [2.24, 2.45) is 0 Å². The zero-order chi connectivity index (χ0) is 17.4. The van der Waals surface area contributed by atoms with Crippen molar-refractivity contribution in [2.45, 2.75) is 38.6 Å². The average molecular weight is 338 g/mol. The SMILES string of the molecule is CC(C)NC(=O)N1CCCC(c2ncnc3cnc4[nH]ccc4c23)C1. The van der Waals surface area contributed by atoms with Gasteiger partial charge in [-0.3, -0.25) is 0 Å². The maximum atomic E-state index is 12.4. The predicted octanol–water partition coefficient (Wildman–Crippen LogP) is 2.80. The van der Waals surface area contributed by atoms with Gasteiger partial charge in [0.05, 0.1) is 17.4 Å². The molecule has 0 aromatic carbocycles. The van der Waals surface area contributed by atoms with Crippen LogP contribution >= 0.6 is 0 Å². The molecule has 0 saturated carbocycles. The average Bonchev–Trinajstić information content (AvgIpc) is 3.09. The van der Waals surface area contributed by atoms with Crippen LogP contribution in [0.2, 0.25) is 0 Å². The quantitative estimate of drug-likeness (QED) is 0.752. The largest absolute Gasteiger partial charge is 0.346 e. The number of H-pyrrole nitrogens is 1. The molecule has 2 N–H and O–H groups in total. The molecule has 1 atom stereocenters. The summed E-state index contributed by atoms with van der Waals surface area (Å²) < 4.78 is 0. The Morgan fingerprint density at radius 2 is 2.24 bits per heavy atom. The van der Waals surface area contributed by atoms with E-state index in [1.807, 2.05) is 31.0 Å². The van der Waals surface area contributed by atoms with Crippen molar-refractivity contribution < 1.29 is 4.79 Å². The summed E-state index contributed by atoms with van der Waals surface area (Å²) in [6.07, 6.45) is 7.27. The van der Waals surface area contributed by atoms with Gasteiger partial charge in [-0.1, -0.05) is 0 Å². The van der Waals surface area contributed by atoms with Gasteiger partial charge in [0.25, 0.3) is 0 Å². The number of carbonyl (C=O) groups excluding carboxylic acids is 1. The highest BCUT2D eigenvalue weighted by atomic mass is 16.2. The van der Waals surface area contributed by atoms with Gasteiger partial charge in [-0.15, -0.1) is 0 Å². The Balaban J connectivity index is 1.71. The number of likely N-dealkylation sites (tertiary alicyclic amines) is 1. The Morgan fingerprint density at radius 3 is 3.08 bits per heavy atom. The van der Waals surface area contributed by atoms with Crippen LogP contribution in [0.15, 0.2) is 24.8 Å². The van der Waals surface area contributed by atoms with Crippen LogP contribution in [0.4, 0.5) is 4.79 Å². The van der Waals surface area contributed by atoms with E-state index in [0.717, 1.165) is 47.0 Å². The van der Waals surface area contributed by atoms with Gasteiger partial charge in [0, 0.05) is 42.0 Å². The number of nitrogens with zero attached hydrogens (tertiary/aromatic N) is 4. The number of carbonyl (C=O) groups is 1. The lowest BCUT2D eigenvalue weighted by atomic mass is 9.92. The minimum absolute atomic E-state index is 0.00604. The van der Waals surface area contributed by atoms with E-state index in [1.165, 1.54) is 0 Å². The fraction of sp³-hybridized carbons (Fsp3) is 0.444. The fourth-order valence-electron chi connectivity index (χ4n) is 3.61. The van der Waals surface area contributed by atoms with E-state index in [0.29, 0.717) is 6.54 Å². The molecule has 3 aromatic heterocycles. The first-order valence-electron chi connectivity index (χ1n) is 8.75. The number of fused-ring (bicyclic) bond motifs is 3. The van der Waals surface area contributed by atoms with Crippen LogP contribution in [-0.4, -0.2) is 50.0 Å². The number of hydrogen-bond donors (Lipinski definition) is 2. The van der Waals surface area contributed by atoms with E-state index >= 15 is 0 Å². The van der Waals surface area contributed by atoms with Crippen LogP contribution in [-0.2, 0) is 0 Å². The third-order valence-electron chi connectivity index (χ3n) is 4.72. The second-order valence-electron chi connectivity index (χ2n) is 6.91. The van der Waals surface area contributed by atoms with Crippen LogP contribution in [0.3, 0.4) is 0 Å². The number of aromatic nitrogens is 4. The molecule has 130 valence electrons. The Morgan fingerprint density at radius 1 is 1.36 bits per heavy atom. The van der Waals surface area contributed by atoms with Crippen molar-refractivity contribution in [3.05, 3.63) is 30.5 Å². The molecule has 3 aromatic rings. The first-order chi connectivity index (χ1) is 12.1. The Kier molecular flexibility index (Phi) is 3.99. The Hall–Kier alpha value is -2.70. The lowest BCUT2D eigenvalue weighted by Gasteiger charge is -2.33. The van der Waals surface area contributed by atoms with E-state index in [4.69, 9.17) is 0 Å². The zero-order valence-electron chi connectivity index (χ0n) is 14.5. The number of piperidine rings is 1. The Labute approximate surface area is 145 Å². The van der Waals surface area contributed by atoms with E-state index in [9.17, 15) is 4.79 Å². The van der Waals surface area contributed by atoms with Crippen LogP contribution in [0.5, 0.6) is 0 Å². The lowest BCUT2D eigenvalue weighted by molar-refractivity contribution is 0.177. The normalized spacial score (nSPS) is 18.2. The molecular formula is C18H22N6O. The van der Waals surface area contributed by atoms with Gasteiger partial charge in [-0.05, 0) is 32.8 Å². The molecule has 1 fully saturated rings. The monoisotopic (exact) mass is 338 g/mol. The number of nitrogens with one attached hydrogen (secondary N) is 2. The summed E-state index contributed by atoms with van der Waals surface area (Å²) >= 11 is 0. The van der Waals surface area contributed by atoms with Gasteiger partial charge in [-0.2, -0.15) is 0 Å². The summed E-state index contributed by atoms with van der Waals surface area (Å²) in [6, 6.07) is 2.16. The molecule has 25 heavy (non-hydrogen) atoms. The summed E-state index contributed by atoms with van der Waals surface area (Å²) in [4.78, 5) is 30.8. The van der Waals surface area contributed by atoms with Gasteiger partial charge in [0.1, 0.15) is 12.0 Å². The third-order valence-corrected chi connectivity index (χ3v) is 4.72. The van der Waals surface area contributed by atoms with Crippen molar-refractivity contribution in [2.75, 3.05) is 13.1 Å². The standard InChI is InChI=1S/C18H22N6O/c1-11(2)23-18(25)24-7-3-4-12(9-24)16-15-13-5-6-19-17(13)20-8-14(15)21-10-22-16/h5-6,8,10-12H,3-4,7,9H2,1-2H3,(H,19,20)(H,23,25). The molecule has 7 nitrogen and oxygen atoms in total. The van der Waals surface area contributed by atoms with Crippen molar-refractivity contribution in [1.29, 1.82) is 0 Å². The molecule has 4 heterocycles. The molecule has 2 amide bonds. The van der Waals surface area contributed by atoms with Gasteiger partial charge in [0.15, 0.2) is 0 Å². The molecule has 0 radical (unpaired) electrons. The highest BCUT2D eigenvalue weighted by Gasteiger charge is 2.27. The molecule has 4 rings (SSSR count). The van der Waals surface area contributed by atoms with Crippen molar-refractivity contribution in [3.8, 4) is 0 Å². The number of urea groups is 1. The third kappa shape index (κ3) is 2.90. The van der Waals surface area contributed by atoms with E-state index in [-0.39, 0.29) is 18.0 Å². The second-order valence-corrected chi connectivity index (χ2v) is 6.91. The topological polar surface area (TPSA) is 86.8 Å². The molecular weight excluding hydrogens is 316 g/mol. The van der Waals surface area contributed by atoms with Crippen LogP contribution < -0.4 is 5.32 Å². The van der Waals surface area contributed by atoms with E-state index < -0.39 is 0 Å². The van der Waals surface area contributed by atoms with E-state index in [1.54, 1.807) is 12.5 Å². The number of rotatable bonds is 2. The summed E-state index contributed by atoms with van der Waals surface area (Å²) in [7, 11) is 0. The highest BCUT2D eigenvalue weighted by molar-refractivity contribution is 6.04. The molecule has 1 aliphatic heterocycles. The first-order valence-corrected chi connectivity index (χ1v) is 8.75. The molecule has 1 unspecified atom stereocenters. The smallest absolute Gasteiger partial charge is 0.317 e. The maximum Gasteiger partial charge on any atom is 0.317 e. The fourth-order valence-corrected chi connectivity index (χ4v) is 3.61. The van der Waals surface area contributed by atoms with Gasteiger partial charge >= 0.3 is 6.03 Å². The number of hydrogen-bond acceptors (Lipinski definition) is 4. The molecule has 0 spiro atoms. The molecule has 0 bridgehead atoms. The van der Waals surface area contributed by atoms with Crippen molar-refractivity contribution >= 4 is 28.0 Å². The van der Waals surface area contributed by atoms with Gasteiger partial charge in [-0.25, -0.2) is 19.7 Å². The number of amides is 2. The Bertz CT molecular complexity index is 918. The number of pyridine rings is 1. The number of aromatic amines is 1. The second kappa shape index (κ2) is 6.31. The predicted molar refractivity (Wildman–Crippen MR) is 96.4 cm³/mol. The molecule has 7 heteroatoms. The minimum Gasteiger partial charge on any atom is -0.346 e. The van der Waals surface area contributed by atoms with Crippen molar-refractivity contribution in [3.63, 3.8) is 0 Å². The van der Waals surface area contributed by atoms with Gasteiger partial charge < -0.3 is 15.2 Å². The van der Waals surface area contributed by atoms with Crippen LogP contribution in [0, 0.1) is 0 Å². The zero-order valence-corrected chi connectivity index (χ0v) is 14.5. The summed E-state index contributed by atoms with van der Waals surface area (Å²) in [5.74, 6) is 0.206. The summed E-state index contributed by atoms with van der Waals surface area (Å²) in [5.41, 5.74) is 2.70. The maximum absolute atomic E-state index is 12.4. The first kappa shape index (κ1) is 15.8. The molecule has 1 aliphatic rings. The van der Waals surface area contributed by atoms with Crippen molar-refractivity contribution in [1.82, 2.24) is 30.2 Å². The van der Waals surface area contributed by atoms with Crippen LogP contribution in [0.1, 0.15) is 38.3 Å². The van der Waals surface area contributed by atoms with E-state index in [2.05, 4.69) is 25.3 Å². The van der Waals surface area contributed by atoms with Gasteiger partial charge in [0.2, 0.25) is 0 Å².